The van der Waals surface area contributed by atoms with E-state index in [0.29, 0.717) is 11.5 Å². The maximum atomic E-state index is 3.59. The van der Waals surface area contributed by atoms with E-state index in [1.165, 1.54) is 44.9 Å². The van der Waals surface area contributed by atoms with Gasteiger partial charge in [0.25, 0.3) is 0 Å². The monoisotopic (exact) mass is 266 g/mol. The first-order chi connectivity index (χ1) is 8.93. The van der Waals surface area contributed by atoms with E-state index in [9.17, 15) is 0 Å². The molecule has 0 aliphatic heterocycles. The van der Waals surface area contributed by atoms with Crippen molar-refractivity contribution in [1.82, 2.24) is 10.2 Å². The molecule has 2 aliphatic carbocycles. The second-order valence-corrected chi connectivity index (χ2v) is 7.94. The molecule has 19 heavy (non-hydrogen) atoms. The smallest absolute Gasteiger partial charge is 0.0251 e. The van der Waals surface area contributed by atoms with Gasteiger partial charge in [-0.15, -0.1) is 0 Å². The largest absolute Gasteiger partial charge is 0.315 e. The average Bonchev–Trinajstić information content (AvgIpc) is 2.90. The van der Waals surface area contributed by atoms with Crippen LogP contribution in [0.1, 0.15) is 65.7 Å². The maximum absolute atomic E-state index is 3.59. The number of nitrogens with one attached hydrogen (secondary N) is 1. The predicted octanol–water partition coefficient (Wildman–Crippen LogP) is 3.66. The zero-order chi connectivity index (χ0) is 14.0. The zero-order valence-corrected chi connectivity index (χ0v) is 13.7. The van der Waals surface area contributed by atoms with E-state index < -0.39 is 0 Å². The van der Waals surface area contributed by atoms with Gasteiger partial charge in [-0.2, -0.15) is 0 Å². The van der Waals surface area contributed by atoms with Crippen LogP contribution in [0.5, 0.6) is 0 Å². The molecule has 3 unspecified atom stereocenters. The maximum Gasteiger partial charge on any atom is 0.0251 e. The Morgan fingerprint density at radius 2 is 1.63 bits per heavy atom. The molecule has 0 aromatic carbocycles. The summed E-state index contributed by atoms with van der Waals surface area (Å²) in [6.45, 7) is 7.26. The van der Waals surface area contributed by atoms with Crippen molar-refractivity contribution < 1.29 is 0 Å². The number of hydrogen-bond acceptors (Lipinski definition) is 2. The summed E-state index contributed by atoms with van der Waals surface area (Å²) in [7, 11) is 4.54. The van der Waals surface area contributed by atoms with E-state index >= 15 is 0 Å². The van der Waals surface area contributed by atoms with E-state index in [4.69, 9.17) is 0 Å². The second-order valence-electron chi connectivity index (χ2n) is 7.94. The molecule has 0 saturated heterocycles. The van der Waals surface area contributed by atoms with Crippen LogP contribution in [-0.4, -0.2) is 37.1 Å². The second kappa shape index (κ2) is 6.13. The van der Waals surface area contributed by atoms with Crippen LogP contribution < -0.4 is 5.32 Å². The van der Waals surface area contributed by atoms with Crippen molar-refractivity contribution in [1.29, 1.82) is 0 Å². The minimum absolute atomic E-state index is 0.466. The quantitative estimate of drug-likeness (QED) is 0.838. The molecule has 0 spiro atoms. The summed E-state index contributed by atoms with van der Waals surface area (Å²) in [5.74, 6) is 0.881. The van der Waals surface area contributed by atoms with Crippen molar-refractivity contribution >= 4 is 0 Å². The first kappa shape index (κ1) is 15.3. The standard InChI is InChI=1S/C17H34N2/c1-17(2,3)13-10-11-15(18-4)16(12-13)19(5)14-8-6-7-9-14/h13-16,18H,6-12H2,1-5H3. The summed E-state index contributed by atoms with van der Waals surface area (Å²) in [6.07, 6.45) is 9.84. The lowest BCUT2D eigenvalue weighted by Gasteiger charge is -2.47. The summed E-state index contributed by atoms with van der Waals surface area (Å²) in [5.41, 5.74) is 0.466. The molecule has 0 aromatic heterocycles. The van der Waals surface area contributed by atoms with Gasteiger partial charge in [0.15, 0.2) is 0 Å². The highest BCUT2D eigenvalue weighted by Gasteiger charge is 2.39. The van der Waals surface area contributed by atoms with Crippen molar-refractivity contribution in [2.24, 2.45) is 11.3 Å². The Labute approximate surface area is 120 Å². The molecule has 0 radical (unpaired) electrons. The van der Waals surface area contributed by atoms with E-state index in [2.05, 4.69) is 45.1 Å². The highest BCUT2D eigenvalue weighted by molar-refractivity contribution is 4.95. The van der Waals surface area contributed by atoms with Gasteiger partial charge in [-0.1, -0.05) is 33.6 Å². The fourth-order valence-corrected chi connectivity index (χ4v) is 4.30. The molecule has 2 heteroatoms. The first-order valence-corrected chi connectivity index (χ1v) is 8.32. The van der Waals surface area contributed by atoms with Gasteiger partial charge >= 0.3 is 0 Å². The van der Waals surface area contributed by atoms with E-state index in [1.54, 1.807) is 0 Å². The van der Waals surface area contributed by atoms with Crippen molar-refractivity contribution in [3.8, 4) is 0 Å². The Morgan fingerprint density at radius 3 is 2.16 bits per heavy atom. The van der Waals surface area contributed by atoms with Crippen molar-refractivity contribution in [3.05, 3.63) is 0 Å². The Kier molecular flexibility index (Phi) is 4.94. The minimum Gasteiger partial charge on any atom is -0.315 e. The van der Waals surface area contributed by atoms with Crippen LogP contribution in [-0.2, 0) is 0 Å². The number of nitrogens with zero attached hydrogens (tertiary/aromatic N) is 1. The topological polar surface area (TPSA) is 15.3 Å². The van der Waals surface area contributed by atoms with Gasteiger partial charge in [0.2, 0.25) is 0 Å². The van der Waals surface area contributed by atoms with Gasteiger partial charge in [0.05, 0.1) is 0 Å². The molecule has 2 saturated carbocycles. The molecule has 2 rings (SSSR count). The third-order valence-electron chi connectivity index (χ3n) is 5.84. The van der Waals surface area contributed by atoms with Crippen molar-refractivity contribution in [3.63, 3.8) is 0 Å². The Morgan fingerprint density at radius 1 is 1.00 bits per heavy atom. The van der Waals surface area contributed by atoms with Gasteiger partial charge in [-0.05, 0) is 57.5 Å². The van der Waals surface area contributed by atoms with Gasteiger partial charge in [0, 0.05) is 18.1 Å². The number of rotatable bonds is 3. The van der Waals surface area contributed by atoms with Crippen LogP contribution in [0.3, 0.4) is 0 Å². The molecular weight excluding hydrogens is 232 g/mol. The van der Waals surface area contributed by atoms with Crippen LogP contribution in [0.4, 0.5) is 0 Å². The van der Waals surface area contributed by atoms with Crippen LogP contribution in [0.2, 0.25) is 0 Å². The van der Waals surface area contributed by atoms with Gasteiger partial charge < -0.3 is 5.32 Å². The van der Waals surface area contributed by atoms with Crippen LogP contribution in [0.15, 0.2) is 0 Å². The molecule has 0 amide bonds. The van der Waals surface area contributed by atoms with Crippen LogP contribution in [0, 0.1) is 11.3 Å². The lowest BCUT2D eigenvalue weighted by atomic mass is 9.69. The highest BCUT2D eigenvalue weighted by Crippen LogP contribution is 2.40. The molecule has 0 heterocycles. The normalized spacial score (nSPS) is 34.1. The molecule has 112 valence electrons. The van der Waals surface area contributed by atoms with E-state index in [1.807, 2.05) is 0 Å². The summed E-state index contributed by atoms with van der Waals surface area (Å²) in [5, 5.41) is 3.59. The molecule has 2 aliphatic rings. The van der Waals surface area contributed by atoms with Gasteiger partial charge in [0.1, 0.15) is 0 Å². The van der Waals surface area contributed by atoms with E-state index in [0.717, 1.165) is 18.0 Å². The van der Waals surface area contributed by atoms with Crippen molar-refractivity contribution in [2.75, 3.05) is 14.1 Å². The lowest BCUT2D eigenvalue weighted by molar-refractivity contribution is 0.0529. The van der Waals surface area contributed by atoms with E-state index in [-0.39, 0.29) is 0 Å². The Hall–Kier alpha value is -0.0800. The fourth-order valence-electron chi connectivity index (χ4n) is 4.30. The molecule has 2 fully saturated rings. The average molecular weight is 266 g/mol. The molecule has 3 atom stereocenters. The summed E-state index contributed by atoms with van der Waals surface area (Å²) >= 11 is 0. The third-order valence-corrected chi connectivity index (χ3v) is 5.84. The predicted molar refractivity (Wildman–Crippen MR) is 83.5 cm³/mol. The van der Waals surface area contributed by atoms with Gasteiger partial charge in [-0.3, -0.25) is 4.90 Å². The first-order valence-electron chi connectivity index (χ1n) is 8.32. The number of hydrogen-bond donors (Lipinski definition) is 1. The number of likely N-dealkylation sites (N-methyl/N-ethyl adjacent to an activating group) is 2. The minimum atomic E-state index is 0.466. The zero-order valence-electron chi connectivity index (χ0n) is 13.7. The highest BCUT2D eigenvalue weighted by atomic mass is 15.2. The summed E-state index contributed by atoms with van der Waals surface area (Å²) < 4.78 is 0. The molecule has 0 bridgehead atoms. The SMILES string of the molecule is CNC1CCC(C(C)(C)C)CC1N(C)C1CCCC1. The van der Waals surface area contributed by atoms with Crippen molar-refractivity contribution in [2.45, 2.75) is 83.8 Å². The molecular formula is C17H34N2. The lowest BCUT2D eigenvalue weighted by Crippen LogP contribution is -2.54. The van der Waals surface area contributed by atoms with Gasteiger partial charge in [-0.25, -0.2) is 0 Å². The third kappa shape index (κ3) is 3.52. The fraction of sp³-hybridized carbons (Fsp3) is 1.00. The Balaban J connectivity index is 2.04. The summed E-state index contributed by atoms with van der Waals surface area (Å²) in [4.78, 5) is 2.73. The summed E-state index contributed by atoms with van der Waals surface area (Å²) in [6, 6.07) is 2.29. The van der Waals surface area contributed by atoms with Crippen LogP contribution >= 0.6 is 0 Å². The molecule has 0 aromatic rings. The Bertz CT molecular complexity index is 275. The molecule has 2 nitrogen and oxygen atoms in total. The van der Waals surface area contributed by atoms with Crippen LogP contribution in [0.25, 0.3) is 0 Å². The molecule has 1 N–H and O–H groups in total.